The van der Waals surface area contributed by atoms with E-state index in [0.29, 0.717) is 5.89 Å². The van der Waals surface area contributed by atoms with E-state index in [1.54, 1.807) is 11.3 Å². The van der Waals surface area contributed by atoms with Gasteiger partial charge in [-0.2, -0.15) is 16.3 Å². The predicted molar refractivity (Wildman–Crippen MR) is 64.0 cm³/mol. The summed E-state index contributed by atoms with van der Waals surface area (Å²) in [5.41, 5.74) is 0.847. The molecule has 5 heteroatoms. The molecular formula is C12H14N2O2S. The predicted octanol–water partition coefficient (Wildman–Crippen LogP) is 2.75. The van der Waals surface area contributed by atoms with Crippen molar-refractivity contribution in [3.63, 3.8) is 0 Å². The summed E-state index contributed by atoms with van der Waals surface area (Å²) in [5, 5.41) is 8.17. The maximum Gasteiger partial charge on any atom is 0.258 e. The third-order valence-corrected chi connectivity index (χ3v) is 3.81. The molecule has 0 aliphatic carbocycles. The number of ether oxygens (including phenoxy) is 1. The van der Waals surface area contributed by atoms with Gasteiger partial charge in [0, 0.05) is 13.0 Å². The van der Waals surface area contributed by atoms with Gasteiger partial charge in [0.25, 0.3) is 5.89 Å². The minimum absolute atomic E-state index is 0.375. The molecule has 90 valence electrons. The fourth-order valence-electron chi connectivity index (χ4n) is 2.06. The van der Waals surface area contributed by atoms with Crippen molar-refractivity contribution < 1.29 is 9.26 Å². The van der Waals surface area contributed by atoms with Gasteiger partial charge in [0.05, 0.1) is 0 Å². The molecule has 0 amide bonds. The zero-order valence-electron chi connectivity index (χ0n) is 9.68. The Morgan fingerprint density at radius 2 is 2.47 bits per heavy atom. The zero-order chi connectivity index (χ0) is 11.7. The van der Waals surface area contributed by atoms with Gasteiger partial charge in [-0.25, -0.2) is 0 Å². The second-order valence-electron chi connectivity index (χ2n) is 4.51. The molecule has 0 spiro atoms. The monoisotopic (exact) mass is 250 g/mol. The van der Waals surface area contributed by atoms with Gasteiger partial charge in [0.2, 0.25) is 0 Å². The smallest absolute Gasteiger partial charge is 0.258 e. The molecule has 3 rings (SSSR count). The molecule has 2 aromatic rings. The standard InChI is InChI=1S/C12H14N2O2S/c1-12(4-2-5-15-12)11-13-10(14-16-11)7-9-3-6-17-8-9/h3,6,8H,2,4-5,7H2,1H3/t12-/m1/s1. The molecule has 0 radical (unpaired) electrons. The van der Waals surface area contributed by atoms with Crippen molar-refractivity contribution in [3.05, 3.63) is 34.1 Å². The van der Waals surface area contributed by atoms with Crippen molar-refractivity contribution in [2.24, 2.45) is 0 Å². The third-order valence-electron chi connectivity index (χ3n) is 3.08. The average Bonchev–Trinajstić information content (AvgIpc) is 3.00. The first kappa shape index (κ1) is 10.9. The minimum Gasteiger partial charge on any atom is -0.365 e. The van der Waals surface area contributed by atoms with Gasteiger partial charge in [-0.3, -0.25) is 0 Å². The van der Waals surface area contributed by atoms with Gasteiger partial charge in [-0.1, -0.05) is 5.16 Å². The van der Waals surface area contributed by atoms with Crippen LogP contribution in [0.2, 0.25) is 0 Å². The average molecular weight is 250 g/mol. The van der Waals surface area contributed by atoms with Crippen LogP contribution in [0.5, 0.6) is 0 Å². The Balaban J connectivity index is 1.78. The first-order valence-electron chi connectivity index (χ1n) is 5.74. The topological polar surface area (TPSA) is 48.2 Å². The molecular weight excluding hydrogens is 236 g/mol. The van der Waals surface area contributed by atoms with Crippen LogP contribution in [0.4, 0.5) is 0 Å². The van der Waals surface area contributed by atoms with Crippen LogP contribution in [-0.4, -0.2) is 16.7 Å². The Labute approximate surface area is 104 Å². The number of hydrogen-bond acceptors (Lipinski definition) is 5. The number of thiophene rings is 1. The van der Waals surface area contributed by atoms with E-state index in [2.05, 4.69) is 27.0 Å². The van der Waals surface area contributed by atoms with E-state index < -0.39 is 0 Å². The minimum atomic E-state index is -0.375. The number of rotatable bonds is 3. The van der Waals surface area contributed by atoms with Crippen LogP contribution in [0.15, 0.2) is 21.3 Å². The van der Waals surface area contributed by atoms with Crippen molar-refractivity contribution in [1.29, 1.82) is 0 Å². The maximum absolute atomic E-state index is 5.68. The van der Waals surface area contributed by atoms with Crippen molar-refractivity contribution in [1.82, 2.24) is 10.1 Å². The van der Waals surface area contributed by atoms with Crippen molar-refractivity contribution in [2.75, 3.05) is 6.61 Å². The highest BCUT2D eigenvalue weighted by Crippen LogP contribution is 2.34. The Morgan fingerprint density at radius 3 is 3.18 bits per heavy atom. The van der Waals surface area contributed by atoms with Gasteiger partial charge < -0.3 is 9.26 Å². The highest BCUT2D eigenvalue weighted by molar-refractivity contribution is 7.07. The molecule has 0 aromatic carbocycles. The summed E-state index contributed by atoms with van der Waals surface area (Å²) in [6, 6.07) is 2.08. The van der Waals surface area contributed by atoms with Crippen LogP contribution in [0, 0.1) is 0 Å². The van der Waals surface area contributed by atoms with Crippen LogP contribution in [0.3, 0.4) is 0 Å². The molecule has 0 unspecified atom stereocenters. The van der Waals surface area contributed by atoms with Crippen LogP contribution in [-0.2, 0) is 16.8 Å². The lowest BCUT2D eigenvalue weighted by Gasteiger charge is -2.16. The summed E-state index contributed by atoms with van der Waals surface area (Å²) in [6.45, 7) is 2.79. The van der Waals surface area contributed by atoms with Gasteiger partial charge in [0.15, 0.2) is 5.82 Å². The summed E-state index contributed by atoms with van der Waals surface area (Å²) in [6.07, 6.45) is 2.73. The first-order chi connectivity index (χ1) is 8.26. The van der Waals surface area contributed by atoms with Gasteiger partial charge in [-0.05, 0) is 42.2 Å². The lowest BCUT2D eigenvalue weighted by Crippen LogP contribution is -2.20. The van der Waals surface area contributed by atoms with Gasteiger partial charge >= 0.3 is 0 Å². The Bertz CT molecular complexity index is 486. The van der Waals surface area contributed by atoms with Gasteiger partial charge in [-0.15, -0.1) is 0 Å². The van der Waals surface area contributed by atoms with E-state index in [1.807, 2.05) is 6.92 Å². The van der Waals surface area contributed by atoms with E-state index in [9.17, 15) is 0 Å². The Kier molecular flexibility index (Phi) is 2.72. The molecule has 2 aromatic heterocycles. The van der Waals surface area contributed by atoms with E-state index in [1.165, 1.54) is 5.56 Å². The second-order valence-corrected chi connectivity index (χ2v) is 5.29. The molecule has 3 heterocycles. The zero-order valence-corrected chi connectivity index (χ0v) is 10.5. The Hall–Kier alpha value is -1.20. The van der Waals surface area contributed by atoms with Crippen LogP contribution >= 0.6 is 11.3 Å². The molecule has 1 atom stereocenters. The summed E-state index contributed by atoms with van der Waals surface area (Å²) in [5.74, 6) is 1.34. The van der Waals surface area contributed by atoms with Crippen LogP contribution < -0.4 is 0 Å². The molecule has 1 saturated heterocycles. The molecule has 0 bridgehead atoms. The summed E-state index contributed by atoms with van der Waals surface area (Å²) in [7, 11) is 0. The normalized spacial score (nSPS) is 24.3. The molecule has 4 nitrogen and oxygen atoms in total. The lowest BCUT2D eigenvalue weighted by atomic mass is 10.0. The maximum atomic E-state index is 5.68. The summed E-state index contributed by atoms with van der Waals surface area (Å²) >= 11 is 1.68. The molecule has 17 heavy (non-hydrogen) atoms. The first-order valence-corrected chi connectivity index (χ1v) is 6.69. The second kappa shape index (κ2) is 4.23. The summed E-state index contributed by atoms with van der Waals surface area (Å²) < 4.78 is 11.0. The van der Waals surface area contributed by atoms with Crippen LogP contribution in [0.1, 0.15) is 37.0 Å². The number of hydrogen-bond donors (Lipinski definition) is 0. The lowest BCUT2D eigenvalue weighted by molar-refractivity contribution is -0.00937. The summed E-state index contributed by atoms with van der Waals surface area (Å²) in [4.78, 5) is 4.44. The Morgan fingerprint density at radius 1 is 1.53 bits per heavy atom. The SMILES string of the molecule is C[C@]1(c2nc(Cc3ccsc3)no2)CCCO1. The molecule has 1 fully saturated rings. The van der Waals surface area contributed by atoms with Crippen molar-refractivity contribution in [2.45, 2.75) is 31.8 Å². The van der Waals surface area contributed by atoms with E-state index in [0.717, 1.165) is 31.7 Å². The molecule has 1 aliphatic heterocycles. The van der Waals surface area contributed by atoms with E-state index >= 15 is 0 Å². The fraction of sp³-hybridized carbons (Fsp3) is 0.500. The molecule has 0 N–H and O–H groups in total. The van der Waals surface area contributed by atoms with Gasteiger partial charge in [0.1, 0.15) is 5.60 Å². The highest BCUT2D eigenvalue weighted by Gasteiger charge is 2.37. The third kappa shape index (κ3) is 2.12. The fourth-order valence-corrected chi connectivity index (χ4v) is 2.73. The highest BCUT2D eigenvalue weighted by atomic mass is 32.1. The van der Waals surface area contributed by atoms with E-state index in [-0.39, 0.29) is 5.60 Å². The quantitative estimate of drug-likeness (QED) is 0.840. The number of nitrogens with zero attached hydrogens (tertiary/aromatic N) is 2. The largest absolute Gasteiger partial charge is 0.365 e. The van der Waals surface area contributed by atoms with E-state index in [4.69, 9.17) is 9.26 Å². The molecule has 1 aliphatic rings. The van der Waals surface area contributed by atoms with Crippen molar-refractivity contribution in [3.8, 4) is 0 Å². The molecule has 0 saturated carbocycles. The number of aromatic nitrogens is 2. The van der Waals surface area contributed by atoms with Crippen molar-refractivity contribution >= 4 is 11.3 Å². The van der Waals surface area contributed by atoms with Crippen LogP contribution in [0.25, 0.3) is 0 Å².